The third kappa shape index (κ3) is 6.26. The molecule has 7 nitrogen and oxygen atoms in total. The van der Waals surface area contributed by atoms with Gasteiger partial charge in [-0.05, 0) is 62.6 Å². The summed E-state index contributed by atoms with van der Waals surface area (Å²) in [6, 6.07) is 15.3. The molecule has 164 valence electrons. The lowest BCUT2D eigenvalue weighted by molar-refractivity contribution is -0.116. The number of hydrogen-bond donors (Lipinski definition) is 2. The van der Waals surface area contributed by atoms with E-state index in [1.165, 1.54) is 0 Å². The number of aromatic nitrogens is 3. The number of H-pyrrole nitrogens is 1. The molecule has 0 unspecified atom stereocenters. The SMILES string of the molecule is CCN(CC)CCOc1ccc(NC(=O)Cn2c(-c3cccc(C)c3)n[nH]c2=S)cc1. The van der Waals surface area contributed by atoms with E-state index in [0.717, 1.165) is 36.5 Å². The number of likely N-dealkylation sites (N-methyl/N-ethyl adjacent to an activating group) is 1. The first-order valence-corrected chi connectivity index (χ1v) is 10.9. The van der Waals surface area contributed by atoms with E-state index in [-0.39, 0.29) is 12.5 Å². The topological polar surface area (TPSA) is 75.2 Å². The van der Waals surface area contributed by atoms with Gasteiger partial charge in [0.15, 0.2) is 10.6 Å². The van der Waals surface area contributed by atoms with Gasteiger partial charge in [0.1, 0.15) is 18.9 Å². The summed E-state index contributed by atoms with van der Waals surface area (Å²) in [7, 11) is 0. The van der Waals surface area contributed by atoms with E-state index in [1.54, 1.807) is 4.57 Å². The van der Waals surface area contributed by atoms with Crippen molar-refractivity contribution in [2.24, 2.45) is 0 Å². The summed E-state index contributed by atoms with van der Waals surface area (Å²) >= 11 is 5.33. The molecule has 0 aliphatic carbocycles. The number of benzene rings is 2. The molecule has 2 aromatic carbocycles. The second kappa shape index (κ2) is 10.9. The fraction of sp³-hybridized carbons (Fsp3) is 0.348. The summed E-state index contributed by atoms with van der Waals surface area (Å²) in [4.78, 5) is 14.9. The van der Waals surface area contributed by atoms with Gasteiger partial charge in [-0.1, -0.05) is 37.6 Å². The predicted molar refractivity (Wildman–Crippen MR) is 126 cm³/mol. The van der Waals surface area contributed by atoms with Crippen LogP contribution < -0.4 is 10.1 Å². The lowest BCUT2D eigenvalue weighted by Crippen LogP contribution is -2.27. The Morgan fingerprint density at radius 3 is 2.61 bits per heavy atom. The van der Waals surface area contributed by atoms with Crippen molar-refractivity contribution in [2.45, 2.75) is 27.3 Å². The van der Waals surface area contributed by atoms with Crippen molar-refractivity contribution in [1.82, 2.24) is 19.7 Å². The van der Waals surface area contributed by atoms with Gasteiger partial charge in [0.05, 0.1) is 0 Å². The van der Waals surface area contributed by atoms with E-state index >= 15 is 0 Å². The molecule has 0 bridgehead atoms. The van der Waals surface area contributed by atoms with Gasteiger partial charge < -0.3 is 15.0 Å². The summed E-state index contributed by atoms with van der Waals surface area (Å²) in [6.45, 7) is 9.91. The molecular weight excluding hydrogens is 410 g/mol. The number of ether oxygens (including phenoxy) is 1. The minimum absolute atomic E-state index is 0.0702. The van der Waals surface area contributed by atoms with E-state index in [1.807, 2.05) is 55.5 Å². The number of amides is 1. The van der Waals surface area contributed by atoms with Crippen LogP contribution in [-0.2, 0) is 11.3 Å². The molecule has 8 heteroatoms. The van der Waals surface area contributed by atoms with Gasteiger partial charge in [0.25, 0.3) is 0 Å². The number of hydrogen-bond acceptors (Lipinski definition) is 5. The summed E-state index contributed by atoms with van der Waals surface area (Å²) in [6.07, 6.45) is 0. The van der Waals surface area contributed by atoms with Crippen LogP contribution in [0.1, 0.15) is 19.4 Å². The first kappa shape index (κ1) is 22.7. The molecule has 3 rings (SSSR count). The maximum absolute atomic E-state index is 12.6. The minimum Gasteiger partial charge on any atom is -0.492 e. The fourth-order valence-electron chi connectivity index (χ4n) is 3.28. The van der Waals surface area contributed by atoms with Crippen molar-refractivity contribution < 1.29 is 9.53 Å². The number of nitrogens with zero attached hydrogens (tertiary/aromatic N) is 3. The highest BCUT2D eigenvalue weighted by atomic mass is 32.1. The molecule has 0 saturated heterocycles. The van der Waals surface area contributed by atoms with Crippen LogP contribution in [0.25, 0.3) is 11.4 Å². The molecule has 0 atom stereocenters. The van der Waals surface area contributed by atoms with Gasteiger partial charge in [-0.3, -0.25) is 14.5 Å². The first-order chi connectivity index (χ1) is 15.0. The number of aryl methyl sites for hydroxylation is 1. The average molecular weight is 440 g/mol. The Morgan fingerprint density at radius 1 is 1.19 bits per heavy atom. The van der Waals surface area contributed by atoms with Gasteiger partial charge in [-0.2, -0.15) is 5.10 Å². The van der Waals surface area contributed by atoms with E-state index in [2.05, 4.69) is 34.3 Å². The number of nitrogens with one attached hydrogen (secondary N) is 2. The molecule has 0 fully saturated rings. The lowest BCUT2D eigenvalue weighted by Gasteiger charge is -2.18. The maximum atomic E-state index is 12.6. The molecule has 0 saturated carbocycles. The Bertz CT molecular complexity index is 1050. The van der Waals surface area contributed by atoms with Gasteiger partial charge >= 0.3 is 0 Å². The first-order valence-electron chi connectivity index (χ1n) is 10.5. The zero-order valence-electron chi connectivity index (χ0n) is 18.2. The highest BCUT2D eigenvalue weighted by molar-refractivity contribution is 7.71. The molecule has 1 heterocycles. The summed E-state index contributed by atoms with van der Waals surface area (Å²) in [5.74, 6) is 1.24. The molecule has 0 aliphatic heterocycles. The van der Waals surface area contributed by atoms with Gasteiger partial charge in [-0.25, -0.2) is 0 Å². The Morgan fingerprint density at radius 2 is 1.94 bits per heavy atom. The van der Waals surface area contributed by atoms with Crippen LogP contribution in [0, 0.1) is 11.7 Å². The van der Waals surface area contributed by atoms with Gasteiger partial charge in [-0.15, -0.1) is 0 Å². The lowest BCUT2D eigenvalue weighted by atomic mass is 10.1. The third-order valence-electron chi connectivity index (χ3n) is 5.05. The fourth-order valence-corrected chi connectivity index (χ4v) is 3.48. The van der Waals surface area contributed by atoms with Crippen LogP contribution in [0.5, 0.6) is 5.75 Å². The monoisotopic (exact) mass is 439 g/mol. The Hall–Kier alpha value is -2.97. The maximum Gasteiger partial charge on any atom is 0.244 e. The van der Waals surface area contributed by atoms with Crippen LogP contribution in [0.15, 0.2) is 48.5 Å². The molecule has 2 N–H and O–H groups in total. The molecule has 0 radical (unpaired) electrons. The Balaban J connectivity index is 1.59. The number of carbonyl (C=O) groups excluding carboxylic acids is 1. The summed E-state index contributed by atoms with van der Waals surface area (Å²) < 4.78 is 7.90. The van der Waals surface area contributed by atoms with E-state index in [9.17, 15) is 4.79 Å². The van der Waals surface area contributed by atoms with Crippen LogP contribution >= 0.6 is 12.2 Å². The van der Waals surface area contributed by atoms with Crippen LogP contribution in [-0.4, -0.2) is 51.8 Å². The molecule has 1 amide bonds. The highest BCUT2D eigenvalue weighted by Gasteiger charge is 2.13. The second-order valence-corrected chi connectivity index (χ2v) is 7.64. The molecule has 31 heavy (non-hydrogen) atoms. The quantitative estimate of drug-likeness (QED) is 0.461. The summed E-state index contributed by atoms with van der Waals surface area (Å²) in [5.41, 5.74) is 2.72. The highest BCUT2D eigenvalue weighted by Crippen LogP contribution is 2.19. The Kier molecular flexibility index (Phi) is 7.97. The smallest absolute Gasteiger partial charge is 0.244 e. The van der Waals surface area contributed by atoms with Crippen LogP contribution in [0.4, 0.5) is 5.69 Å². The van der Waals surface area contributed by atoms with Crippen LogP contribution in [0.2, 0.25) is 0 Å². The Labute approximate surface area is 188 Å². The molecular formula is C23H29N5O2S. The van der Waals surface area contributed by atoms with Crippen molar-refractivity contribution in [3.05, 3.63) is 58.9 Å². The van der Waals surface area contributed by atoms with E-state index in [4.69, 9.17) is 17.0 Å². The third-order valence-corrected chi connectivity index (χ3v) is 5.36. The number of rotatable bonds is 10. The van der Waals surface area contributed by atoms with Crippen molar-refractivity contribution in [1.29, 1.82) is 0 Å². The second-order valence-electron chi connectivity index (χ2n) is 7.26. The summed E-state index contributed by atoms with van der Waals surface area (Å²) in [5, 5.41) is 9.99. The van der Waals surface area contributed by atoms with Crippen LogP contribution in [0.3, 0.4) is 0 Å². The standard InChI is InChI=1S/C23H29N5O2S/c1-4-27(5-2)13-14-30-20-11-9-19(10-12-20)24-21(29)16-28-22(25-26-23(28)31)18-8-6-7-17(3)15-18/h6-12,15H,4-5,13-14,16H2,1-3H3,(H,24,29)(H,26,31). The van der Waals surface area contributed by atoms with Crippen molar-refractivity contribution in [2.75, 3.05) is 31.6 Å². The zero-order valence-corrected chi connectivity index (χ0v) is 19.0. The largest absolute Gasteiger partial charge is 0.492 e. The molecule has 1 aromatic heterocycles. The van der Waals surface area contributed by atoms with Crippen molar-refractivity contribution in [3.8, 4) is 17.1 Å². The van der Waals surface area contributed by atoms with Crippen molar-refractivity contribution in [3.63, 3.8) is 0 Å². The normalized spacial score (nSPS) is 11.0. The van der Waals surface area contributed by atoms with Gasteiger partial charge in [0, 0.05) is 17.8 Å². The van der Waals surface area contributed by atoms with Crippen molar-refractivity contribution >= 4 is 23.8 Å². The average Bonchev–Trinajstić information content (AvgIpc) is 3.12. The van der Waals surface area contributed by atoms with Gasteiger partial charge in [0.2, 0.25) is 5.91 Å². The number of anilines is 1. The predicted octanol–water partition coefficient (Wildman–Crippen LogP) is 4.28. The molecule has 0 aliphatic rings. The molecule has 3 aromatic rings. The number of aromatic amines is 1. The number of carbonyl (C=O) groups is 1. The van der Waals surface area contributed by atoms with E-state index < -0.39 is 0 Å². The zero-order chi connectivity index (χ0) is 22.2. The minimum atomic E-state index is -0.179. The van der Waals surface area contributed by atoms with E-state index in [0.29, 0.717) is 22.9 Å². The molecule has 0 spiro atoms.